The third kappa shape index (κ3) is 6.65. The predicted octanol–water partition coefficient (Wildman–Crippen LogP) is 6.18. The minimum atomic E-state index is -0.731. The summed E-state index contributed by atoms with van der Waals surface area (Å²) in [7, 11) is 1.58. The number of benzene rings is 5. The zero-order chi connectivity index (χ0) is 28.6. The summed E-state index contributed by atoms with van der Waals surface area (Å²) in [6, 6.07) is 36.0. The van der Waals surface area contributed by atoms with Crippen molar-refractivity contribution in [1.82, 2.24) is 5.32 Å². The van der Waals surface area contributed by atoms with E-state index >= 15 is 0 Å². The normalized spacial score (nSPS) is 11.4. The highest BCUT2D eigenvalue weighted by molar-refractivity contribution is 5.95. The molecule has 0 saturated carbocycles. The van der Waals surface area contributed by atoms with Gasteiger partial charge in [0.1, 0.15) is 18.5 Å². The molecule has 0 saturated heterocycles. The molecule has 0 aliphatic carbocycles. The summed E-state index contributed by atoms with van der Waals surface area (Å²) in [5, 5.41) is 16.3. The van der Waals surface area contributed by atoms with E-state index in [9.17, 15) is 4.79 Å². The van der Waals surface area contributed by atoms with Crippen LogP contribution in [0.5, 0.6) is 11.5 Å². The molecule has 1 amide bonds. The van der Waals surface area contributed by atoms with Gasteiger partial charge in [0.15, 0.2) is 11.5 Å². The van der Waals surface area contributed by atoms with Crippen LogP contribution in [0.1, 0.15) is 28.3 Å². The lowest BCUT2D eigenvalue weighted by Crippen LogP contribution is -2.33. The summed E-state index contributed by atoms with van der Waals surface area (Å²) in [6.45, 7) is 0.767. The molecule has 0 aliphatic rings. The molecule has 0 bridgehead atoms. The first-order valence-corrected chi connectivity index (χ1v) is 13.3. The number of ether oxygens (including phenoxy) is 2. The molecular weight excluding hydrogens is 512 g/mol. The quantitative estimate of drug-likeness (QED) is 0.117. The molecule has 5 N–H and O–H groups in total. The van der Waals surface area contributed by atoms with Crippen molar-refractivity contribution in [3.63, 3.8) is 0 Å². The molecule has 0 aliphatic heterocycles. The topological polar surface area (TPSA) is 109 Å². The number of nitrogens with one attached hydrogen (secondary N) is 3. The average Bonchev–Trinajstić information content (AvgIpc) is 3.02. The van der Waals surface area contributed by atoms with E-state index in [1.807, 2.05) is 72.8 Å². The van der Waals surface area contributed by atoms with Crippen LogP contribution in [0.15, 0.2) is 115 Å². The zero-order valence-electron chi connectivity index (χ0n) is 22.8. The lowest BCUT2D eigenvalue weighted by molar-refractivity contribution is -0.122. The first-order valence-electron chi connectivity index (χ1n) is 13.3. The fourth-order valence-electron chi connectivity index (χ4n) is 4.66. The molecule has 41 heavy (non-hydrogen) atoms. The third-order valence-corrected chi connectivity index (χ3v) is 6.86. The summed E-state index contributed by atoms with van der Waals surface area (Å²) in [5.74, 6) is 0.894. The van der Waals surface area contributed by atoms with Crippen molar-refractivity contribution < 1.29 is 14.3 Å². The Morgan fingerprint density at radius 2 is 1.59 bits per heavy atom. The van der Waals surface area contributed by atoms with Gasteiger partial charge >= 0.3 is 0 Å². The van der Waals surface area contributed by atoms with Gasteiger partial charge in [0.2, 0.25) is 5.91 Å². The van der Waals surface area contributed by atoms with Crippen LogP contribution in [0.25, 0.3) is 10.8 Å². The molecule has 7 nitrogen and oxygen atoms in total. The Bertz CT molecular complexity index is 1650. The van der Waals surface area contributed by atoms with E-state index in [2.05, 4.69) is 28.8 Å². The van der Waals surface area contributed by atoms with Crippen molar-refractivity contribution in [2.24, 2.45) is 5.73 Å². The highest BCUT2D eigenvalue weighted by atomic mass is 16.5. The van der Waals surface area contributed by atoms with Crippen LogP contribution in [0.2, 0.25) is 0 Å². The Kier molecular flexibility index (Phi) is 8.45. The van der Waals surface area contributed by atoms with Gasteiger partial charge in [-0.3, -0.25) is 10.2 Å². The summed E-state index contributed by atoms with van der Waals surface area (Å²) in [6.07, 6.45) is 0. The van der Waals surface area contributed by atoms with Gasteiger partial charge in [-0.05, 0) is 63.9 Å². The maximum atomic E-state index is 13.7. The number of amides is 1. The highest BCUT2D eigenvalue weighted by Crippen LogP contribution is 2.32. The number of anilines is 1. The number of nitrogens with two attached hydrogens (primary N) is 1. The SMILES string of the molecule is COc1cc(C(Nc2ccc(C(=N)N)cc2)C(=O)NCc2cccc3ccccc23)ccc1OCc1ccccc1. The van der Waals surface area contributed by atoms with Gasteiger partial charge in [-0.15, -0.1) is 0 Å². The second-order valence-electron chi connectivity index (χ2n) is 9.61. The molecule has 0 heterocycles. The van der Waals surface area contributed by atoms with Crippen LogP contribution in [-0.2, 0) is 17.9 Å². The Labute approximate surface area is 239 Å². The highest BCUT2D eigenvalue weighted by Gasteiger charge is 2.23. The number of carbonyl (C=O) groups excluding carboxylic acids is 1. The monoisotopic (exact) mass is 544 g/mol. The Morgan fingerprint density at radius 3 is 2.34 bits per heavy atom. The van der Waals surface area contributed by atoms with E-state index in [0.717, 1.165) is 21.9 Å². The average molecular weight is 545 g/mol. The molecular formula is C34H32N4O3. The van der Waals surface area contributed by atoms with E-state index in [0.29, 0.717) is 41.5 Å². The largest absolute Gasteiger partial charge is 0.493 e. The number of carbonyl (C=O) groups is 1. The van der Waals surface area contributed by atoms with Crippen molar-refractivity contribution in [2.75, 3.05) is 12.4 Å². The molecule has 206 valence electrons. The first-order chi connectivity index (χ1) is 20.0. The molecule has 0 fully saturated rings. The van der Waals surface area contributed by atoms with E-state index in [1.165, 1.54) is 0 Å². The number of hydrogen-bond acceptors (Lipinski definition) is 5. The minimum Gasteiger partial charge on any atom is -0.493 e. The number of nitrogen functional groups attached to an aromatic ring is 1. The van der Waals surface area contributed by atoms with Gasteiger partial charge in [-0.25, -0.2) is 0 Å². The van der Waals surface area contributed by atoms with Crippen molar-refractivity contribution >= 4 is 28.2 Å². The molecule has 7 heteroatoms. The van der Waals surface area contributed by atoms with Gasteiger partial charge in [-0.1, -0.05) is 78.9 Å². The van der Waals surface area contributed by atoms with Crippen LogP contribution in [0.4, 0.5) is 5.69 Å². The molecule has 0 radical (unpaired) electrons. The van der Waals surface area contributed by atoms with E-state index in [-0.39, 0.29) is 11.7 Å². The maximum absolute atomic E-state index is 13.7. The fourth-order valence-corrected chi connectivity index (χ4v) is 4.66. The number of amidine groups is 1. The fraction of sp³-hybridized carbons (Fsp3) is 0.118. The van der Waals surface area contributed by atoms with E-state index in [4.69, 9.17) is 20.6 Å². The molecule has 1 atom stereocenters. The van der Waals surface area contributed by atoms with Crippen LogP contribution in [0.3, 0.4) is 0 Å². The van der Waals surface area contributed by atoms with Crippen molar-refractivity contribution in [1.29, 1.82) is 5.41 Å². The van der Waals surface area contributed by atoms with Gasteiger partial charge in [0.25, 0.3) is 0 Å². The van der Waals surface area contributed by atoms with Crippen molar-refractivity contribution in [2.45, 2.75) is 19.2 Å². The Balaban J connectivity index is 1.40. The van der Waals surface area contributed by atoms with Crippen LogP contribution in [0, 0.1) is 5.41 Å². The third-order valence-electron chi connectivity index (χ3n) is 6.86. The molecule has 5 rings (SSSR count). The van der Waals surface area contributed by atoms with Gasteiger partial charge in [0, 0.05) is 17.8 Å². The zero-order valence-corrected chi connectivity index (χ0v) is 22.8. The molecule has 5 aromatic carbocycles. The lowest BCUT2D eigenvalue weighted by atomic mass is 10.0. The van der Waals surface area contributed by atoms with Gasteiger partial charge in [-0.2, -0.15) is 0 Å². The van der Waals surface area contributed by atoms with Gasteiger partial charge < -0.3 is 25.8 Å². The molecule has 0 aromatic heterocycles. The van der Waals surface area contributed by atoms with Crippen LogP contribution >= 0.6 is 0 Å². The first kappa shape index (κ1) is 27.3. The summed E-state index contributed by atoms with van der Waals surface area (Å²) >= 11 is 0. The molecule has 5 aromatic rings. The van der Waals surface area contributed by atoms with Crippen LogP contribution < -0.4 is 25.8 Å². The number of fused-ring (bicyclic) bond motifs is 1. The van der Waals surface area contributed by atoms with Crippen molar-refractivity contribution in [3.05, 3.63) is 138 Å². The molecule has 1 unspecified atom stereocenters. The van der Waals surface area contributed by atoms with Crippen molar-refractivity contribution in [3.8, 4) is 11.5 Å². The predicted molar refractivity (Wildman–Crippen MR) is 163 cm³/mol. The number of rotatable bonds is 11. The lowest BCUT2D eigenvalue weighted by Gasteiger charge is -2.22. The van der Waals surface area contributed by atoms with E-state index < -0.39 is 6.04 Å². The maximum Gasteiger partial charge on any atom is 0.247 e. The number of hydrogen-bond donors (Lipinski definition) is 4. The summed E-state index contributed by atoms with van der Waals surface area (Å²) in [5.41, 5.74) is 9.72. The Morgan fingerprint density at radius 1 is 0.854 bits per heavy atom. The van der Waals surface area contributed by atoms with Gasteiger partial charge in [0.05, 0.1) is 7.11 Å². The van der Waals surface area contributed by atoms with Crippen LogP contribution in [-0.4, -0.2) is 18.9 Å². The smallest absolute Gasteiger partial charge is 0.247 e. The van der Waals surface area contributed by atoms with E-state index in [1.54, 1.807) is 31.4 Å². The standard InChI is InChI=1S/C34H32N4O3/c1-40-31-20-26(16-19-30(31)41-22-23-8-3-2-4-9-23)32(38-28-17-14-25(15-18-28)33(35)36)34(39)37-21-27-12-7-11-24-10-5-6-13-29(24)27/h2-20,32,38H,21-22H2,1H3,(H3,35,36)(H,37,39). The second kappa shape index (κ2) is 12.7. The summed E-state index contributed by atoms with van der Waals surface area (Å²) < 4.78 is 11.7. The minimum absolute atomic E-state index is 0.0169. The molecule has 0 spiro atoms. The second-order valence-corrected chi connectivity index (χ2v) is 9.61. The number of methoxy groups -OCH3 is 1. The Hall–Kier alpha value is -5.30. The summed E-state index contributed by atoms with van der Waals surface area (Å²) in [4.78, 5) is 13.7.